The molecule has 0 saturated carbocycles. The Labute approximate surface area is 151 Å². The van der Waals surface area contributed by atoms with Gasteiger partial charge in [-0.05, 0) is 29.8 Å². The first-order valence-electron chi connectivity index (χ1n) is 8.03. The number of amides is 1. The standard InChI is InChI=1S/C20H18ClNO3/c1-12(2)18(23)16-17(13-8-10-14(21)11-9-13)22(20(25)19(16)24)15-6-4-3-5-7-15/h3-12,17,24H,1-2H3. The van der Waals surface area contributed by atoms with E-state index in [1.165, 1.54) is 4.90 Å². The van der Waals surface area contributed by atoms with Crippen LogP contribution in [0.1, 0.15) is 25.5 Å². The van der Waals surface area contributed by atoms with Crippen LogP contribution in [0.4, 0.5) is 5.69 Å². The largest absolute Gasteiger partial charge is 0.503 e. The van der Waals surface area contributed by atoms with Gasteiger partial charge in [0.15, 0.2) is 11.5 Å². The molecule has 0 radical (unpaired) electrons. The molecule has 1 heterocycles. The zero-order valence-corrected chi connectivity index (χ0v) is 14.7. The van der Waals surface area contributed by atoms with E-state index in [2.05, 4.69) is 0 Å². The van der Waals surface area contributed by atoms with E-state index in [1.807, 2.05) is 6.07 Å². The van der Waals surface area contributed by atoms with E-state index in [-0.39, 0.29) is 17.3 Å². The van der Waals surface area contributed by atoms with Gasteiger partial charge in [0.05, 0.1) is 11.6 Å². The van der Waals surface area contributed by atoms with Gasteiger partial charge < -0.3 is 5.11 Å². The normalized spacial score (nSPS) is 17.5. The molecule has 1 aliphatic heterocycles. The Morgan fingerprint density at radius 2 is 1.68 bits per heavy atom. The number of carbonyl (C=O) groups is 2. The number of hydrogen-bond donors (Lipinski definition) is 1. The Morgan fingerprint density at radius 3 is 2.24 bits per heavy atom. The van der Waals surface area contributed by atoms with E-state index in [9.17, 15) is 14.7 Å². The van der Waals surface area contributed by atoms with Crippen molar-refractivity contribution in [3.63, 3.8) is 0 Å². The van der Waals surface area contributed by atoms with Crippen molar-refractivity contribution in [3.05, 3.63) is 76.5 Å². The summed E-state index contributed by atoms with van der Waals surface area (Å²) in [6.45, 7) is 3.49. The van der Waals surface area contributed by atoms with Gasteiger partial charge in [0.1, 0.15) is 0 Å². The number of Topliss-reactive ketones (excluding diaryl/α,β-unsaturated/α-hetero) is 1. The summed E-state index contributed by atoms with van der Waals surface area (Å²) in [5.41, 5.74) is 1.46. The first-order chi connectivity index (χ1) is 11.9. The molecule has 0 fully saturated rings. The summed E-state index contributed by atoms with van der Waals surface area (Å²) in [6, 6.07) is 15.3. The number of para-hydroxylation sites is 1. The third-order valence-electron chi connectivity index (χ3n) is 4.22. The van der Waals surface area contributed by atoms with Crippen LogP contribution in [-0.4, -0.2) is 16.8 Å². The van der Waals surface area contributed by atoms with Crippen molar-refractivity contribution < 1.29 is 14.7 Å². The topological polar surface area (TPSA) is 57.6 Å². The molecular formula is C20H18ClNO3. The molecule has 3 rings (SSSR count). The maximum absolute atomic E-state index is 12.7. The summed E-state index contributed by atoms with van der Waals surface area (Å²) in [5.74, 6) is -1.64. The van der Waals surface area contributed by atoms with Crippen LogP contribution >= 0.6 is 11.6 Å². The SMILES string of the molecule is CC(C)C(=O)C1=C(O)C(=O)N(c2ccccc2)C1c1ccc(Cl)cc1. The Balaban J connectivity index is 2.18. The zero-order valence-electron chi connectivity index (χ0n) is 13.9. The van der Waals surface area contributed by atoms with Gasteiger partial charge in [-0.1, -0.05) is 55.8 Å². The summed E-state index contributed by atoms with van der Waals surface area (Å²) in [4.78, 5) is 26.9. The summed E-state index contributed by atoms with van der Waals surface area (Å²) < 4.78 is 0. The molecule has 0 aromatic heterocycles. The van der Waals surface area contributed by atoms with E-state index in [0.717, 1.165) is 5.56 Å². The van der Waals surface area contributed by atoms with Crippen LogP contribution in [0.2, 0.25) is 5.02 Å². The average molecular weight is 356 g/mol. The maximum Gasteiger partial charge on any atom is 0.294 e. The molecular weight excluding hydrogens is 338 g/mol. The maximum atomic E-state index is 12.7. The molecule has 0 saturated heterocycles. The molecule has 0 bridgehead atoms. The molecule has 0 aliphatic carbocycles. The number of hydrogen-bond acceptors (Lipinski definition) is 3. The van der Waals surface area contributed by atoms with E-state index in [1.54, 1.807) is 62.4 Å². The van der Waals surface area contributed by atoms with Crippen LogP contribution in [0.15, 0.2) is 65.9 Å². The molecule has 4 nitrogen and oxygen atoms in total. The second-order valence-corrected chi connectivity index (χ2v) is 6.68. The Morgan fingerprint density at radius 1 is 1.08 bits per heavy atom. The summed E-state index contributed by atoms with van der Waals surface area (Å²) in [5, 5.41) is 11.0. The number of nitrogens with zero attached hydrogens (tertiary/aromatic N) is 1. The predicted octanol–water partition coefficient (Wildman–Crippen LogP) is 4.47. The van der Waals surface area contributed by atoms with Crippen molar-refractivity contribution in [2.24, 2.45) is 5.92 Å². The molecule has 25 heavy (non-hydrogen) atoms. The highest BCUT2D eigenvalue weighted by Gasteiger charge is 2.44. The third kappa shape index (κ3) is 3.05. The highest BCUT2D eigenvalue weighted by atomic mass is 35.5. The van der Waals surface area contributed by atoms with Crippen molar-refractivity contribution in [3.8, 4) is 0 Å². The van der Waals surface area contributed by atoms with Gasteiger partial charge in [-0.3, -0.25) is 14.5 Å². The minimum Gasteiger partial charge on any atom is -0.503 e. The summed E-state index contributed by atoms with van der Waals surface area (Å²) in [7, 11) is 0. The predicted molar refractivity (Wildman–Crippen MR) is 97.6 cm³/mol. The van der Waals surface area contributed by atoms with Crippen molar-refractivity contribution in [1.29, 1.82) is 0 Å². The van der Waals surface area contributed by atoms with E-state index < -0.39 is 17.7 Å². The second kappa shape index (κ2) is 6.73. The highest BCUT2D eigenvalue weighted by molar-refractivity contribution is 6.30. The van der Waals surface area contributed by atoms with Crippen LogP contribution in [0.3, 0.4) is 0 Å². The minimum atomic E-state index is -0.679. The van der Waals surface area contributed by atoms with Crippen LogP contribution in [0, 0.1) is 5.92 Å². The third-order valence-corrected chi connectivity index (χ3v) is 4.47. The molecule has 5 heteroatoms. The number of rotatable bonds is 4. The quantitative estimate of drug-likeness (QED) is 0.880. The van der Waals surface area contributed by atoms with Crippen LogP contribution in [0.5, 0.6) is 0 Å². The summed E-state index contributed by atoms with van der Waals surface area (Å²) in [6.07, 6.45) is 0. The molecule has 1 aliphatic rings. The van der Waals surface area contributed by atoms with Gasteiger partial charge in [-0.2, -0.15) is 0 Å². The lowest BCUT2D eigenvalue weighted by molar-refractivity contribution is -0.119. The number of carbonyl (C=O) groups excluding carboxylic acids is 2. The number of halogens is 1. The van der Waals surface area contributed by atoms with Crippen molar-refractivity contribution in [1.82, 2.24) is 0 Å². The fourth-order valence-electron chi connectivity index (χ4n) is 2.98. The van der Waals surface area contributed by atoms with Gasteiger partial charge in [0.2, 0.25) is 0 Å². The lowest BCUT2D eigenvalue weighted by Gasteiger charge is -2.27. The lowest BCUT2D eigenvalue weighted by atomic mass is 9.91. The van der Waals surface area contributed by atoms with Crippen molar-refractivity contribution in [2.45, 2.75) is 19.9 Å². The number of aliphatic hydroxyl groups excluding tert-OH is 1. The molecule has 1 amide bonds. The molecule has 1 N–H and O–H groups in total. The van der Waals surface area contributed by atoms with Crippen LogP contribution in [0.25, 0.3) is 0 Å². The second-order valence-electron chi connectivity index (χ2n) is 6.25. The first-order valence-corrected chi connectivity index (χ1v) is 8.41. The van der Waals surface area contributed by atoms with E-state index in [0.29, 0.717) is 10.7 Å². The first kappa shape index (κ1) is 17.2. The monoisotopic (exact) mass is 355 g/mol. The fraction of sp³-hybridized carbons (Fsp3) is 0.200. The highest BCUT2D eigenvalue weighted by Crippen LogP contribution is 2.41. The van der Waals surface area contributed by atoms with Gasteiger partial charge in [-0.15, -0.1) is 0 Å². The molecule has 1 atom stereocenters. The molecule has 1 unspecified atom stereocenters. The Hall–Kier alpha value is -2.59. The van der Waals surface area contributed by atoms with Crippen LogP contribution in [-0.2, 0) is 9.59 Å². The molecule has 2 aromatic rings. The van der Waals surface area contributed by atoms with E-state index >= 15 is 0 Å². The number of aliphatic hydroxyl groups is 1. The van der Waals surface area contributed by atoms with Crippen molar-refractivity contribution in [2.75, 3.05) is 4.90 Å². The number of anilines is 1. The Bertz CT molecular complexity index is 841. The summed E-state index contributed by atoms with van der Waals surface area (Å²) >= 11 is 5.97. The fourth-order valence-corrected chi connectivity index (χ4v) is 3.11. The number of benzene rings is 2. The van der Waals surface area contributed by atoms with Gasteiger partial charge in [0.25, 0.3) is 5.91 Å². The Kier molecular flexibility index (Phi) is 4.64. The van der Waals surface area contributed by atoms with Gasteiger partial charge in [0, 0.05) is 16.6 Å². The van der Waals surface area contributed by atoms with Crippen LogP contribution < -0.4 is 4.90 Å². The molecule has 2 aromatic carbocycles. The lowest BCUT2D eigenvalue weighted by Crippen LogP contribution is -2.31. The smallest absolute Gasteiger partial charge is 0.294 e. The molecule has 0 spiro atoms. The van der Waals surface area contributed by atoms with E-state index in [4.69, 9.17) is 11.6 Å². The number of ketones is 1. The zero-order chi connectivity index (χ0) is 18.1. The van der Waals surface area contributed by atoms with Gasteiger partial charge in [-0.25, -0.2) is 0 Å². The average Bonchev–Trinajstić information content (AvgIpc) is 2.87. The minimum absolute atomic E-state index is 0.131. The van der Waals surface area contributed by atoms with Crippen molar-refractivity contribution >= 4 is 29.0 Å². The van der Waals surface area contributed by atoms with Gasteiger partial charge >= 0.3 is 0 Å². The molecule has 128 valence electrons.